The molecule has 11 nitrogen and oxygen atoms in total. The summed E-state index contributed by atoms with van der Waals surface area (Å²) >= 11 is 0. The number of rotatable bonds is 4. The summed E-state index contributed by atoms with van der Waals surface area (Å²) in [5.41, 5.74) is 3.98. The summed E-state index contributed by atoms with van der Waals surface area (Å²) in [6, 6.07) is 15.5. The third-order valence-electron chi connectivity index (χ3n) is 9.58. The van der Waals surface area contributed by atoms with Gasteiger partial charge in [0, 0.05) is 45.8 Å². The normalized spacial score (nSPS) is 26.6. The number of methoxy groups -OCH3 is 1. The van der Waals surface area contributed by atoms with E-state index in [-0.39, 0.29) is 30.1 Å². The molecule has 3 aromatic rings. The van der Waals surface area contributed by atoms with Gasteiger partial charge in [0.25, 0.3) is 5.91 Å². The molecule has 0 unspecified atom stereocenters. The van der Waals surface area contributed by atoms with Gasteiger partial charge in [-0.15, -0.1) is 5.10 Å². The van der Waals surface area contributed by atoms with Gasteiger partial charge in [-0.2, -0.15) is 0 Å². The van der Waals surface area contributed by atoms with Crippen LogP contribution in [0.2, 0.25) is 0 Å². The SMILES string of the molecule is COCc1cn([C@@H]2CC[C@H]3CCOc4ccccc4C(=O)N4CCN(C5Cc6ccccc6C5)C[C@H]4C(=O)NC[C@H]2O3)nn1. The van der Waals surface area contributed by atoms with Gasteiger partial charge in [-0.05, 0) is 48.9 Å². The van der Waals surface area contributed by atoms with Crippen molar-refractivity contribution >= 4 is 11.8 Å². The van der Waals surface area contributed by atoms with Crippen LogP contribution in [0.25, 0.3) is 0 Å². The molecule has 2 bridgehead atoms. The van der Waals surface area contributed by atoms with Crippen LogP contribution < -0.4 is 10.1 Å². The molecule has 3 aliphatic heterocycles. The number of para-hydroxylation sites is 1. The van der Waals surface area contributed by atoms with Gasteiger partial charge in [-0.3, -0.25) is 14.5 Å². The van der Waals surface area contributed by atoms with Gasteiger partial charge < -0.3 is 24.4 Å². The van der Waals surface area contributed by atoms with E-state index < -0.39 is 6.04 Å². The molecule has 0 radical (unpaired) electrons. The van der Waals surface area contributed by atoms with E-state index in [4.69, 9.17) is 14.2 Å². The molecule has 2 aromatic carbocycles. The second-order valence-electron chi connectivity index (χ2n) is 12.3. The molecule has 4 aliphatic rings. The Kier molecular flexibility index (Phi) is 8.33. The van der Waals surface area contributed by atoms with Gasteiger partial charge in [0.2, 0.25) is 5.91 Å². The van der Waals surface area contributed by atoms with Crippen LogP contribution in [0.1, 0.15) is 52.5 Å². The number of benzene rings is 2. The summed E-state index contributed by atoms with van der Waals surface area (Å²) in [5.74, 6) is 0.202. The average molecular weight is 601 g/mol. The largest absolute Gasteiger partial charge is 0.493 e. The van der Waals surface area contributed by atoms with Crippen LogP contribution in [0.3, 0.4) is 0 Å². The zero-order valence-corrected chi connectivity index (χ0v) is 25.1. The molecule has 44 heavy (non-hydrogen) atoms. The number of piperazine rings is 1. The van der Waals surface area contributed by atoms with E-state index in [9.17, 15) is 9.59 Å². The fourth-order valence-electron chi connectivity index (χ4n) is 7.28. The number of amides is 2. The summed E-state index contributed by atoms with van der Waals surface area (Å²) in [4.78, 5) is 32.3. The predicted octanol–water partition coefficient (Wildman–Crippen LogP) is 2.41. The van der Waals surface area contributed by atoms with Crippen molar-refractivity contribution in [3.8, 4) is 5.75 Å². The molecule has 0 saturated carbocycles. The van der Waals surface area contributed by atoms with E-state index in [1.54, 1.807) is 18.1 Å². The first-order valence-electron chi connectivity index (χ1n) is 15.7. The molecular formula is C33H40N6O5. The minimum absolute atomic E-state index is 0.0356. The number of fused-ring (bicyclic) bond motifs is 5. The maximum atomic E-state index is 14.1. The van der Waals surface area contributed by atoms with E-state index in [0.717, 1.165) is 31.4 Å². The number of hydrogen-bond donors (Lipinski definition) is 1. The molecule has 1 aliphatic carbocycles. The van der Waals surface area contributed by atoms with Crippen LogP contribution in [0.4, 0.5) is 0 Å². The van der Waals surface area contributed by atoms with Crippen LogP contribution in [0.5, 0.6) is 5.75 Å². The van der Waals surface area contributed by atoms with Crippen molar-refractivity contribution in [2.45, 2.75) is 69.0 Å². The smallest absolute Gasteiger partial charge is 0.258 e. The number of aromatic nitrogens is 3. The number of ether oxygens (including phenoxy) is 3. The van der Waals surface area contributed by atoms with Crippen molar-refractivity contribution in [3.05, 3.63) is 77.1 Å². The molecule has 4 heterocycles. The first-order chi connectivity index (χ1) is 21.6. The molecule has 4 atom stereocenters. The lowest BCUT2D eigenvalue weighted by Crippen LogP contribution is -2.63. The standard InChI is InChI=1S/C33H40N6O5/c1-42-21-24-19-39(36-35-24)28-11-10-26-12-15-43-30-9-5-4-8-27(30)33(41)38-14-13-37(20-29(38)32(40)34-18-31(28)44-26)25-16-22-6-2-3-7-23(22)17-25/h2-9,19,25-26,28-29,31H,10-18,20-21H2,1H3,(H,34,40)/t26-,28+,29-,31+/m0/s1. The van der Waals surface area contributed by atoms with E-state index in [1.165, 1.54) is 11.1 Å². The number of hydrogen-bond acceptors (Lipinski definition) is 8. The quantitative estimate of drug-likeness (QED) is 0.486. The molecule has 1 N–H and O–H groups in total. The molecule has 1 aromatic heterocycles. The third kappa shape index (κ3) is 5.83. The topological polar surface area (TPSA) is 111 Å². The lowest BCUT2D eigenvalue weighted by Gasteiger charge is -2.43. The zero-order valence-electron chi connectivity index (χ0n) is 25.1. The minimum atomic E-state index is -0.645. The molecule has 0 spiro atoms. The predicted molar refractivity (Wildman–Crippen MR) is 161 cm³/mol. The number of carbonyl (C=O) groups excluding carboxylic acids is 2. The van der Waals surface area contributed by atoms with Crippen LogP contribution in [-0.4, -0.2) is 101 Å². The molecule has 11 heteroatoms. The Morgan fingerprint density at radius 1 is 1.00 bits per heavy atom. The molecular weight excluding hydrogens is 560 g/mol. The molecule has 7 rings (SSSR count). The maximum Gasteiger partial charge on any atom is 0.258 e. The maximum absolute atomic E-state index is 14.1. The van der Waals surface area contributed by atoms with Crippen LogP contribution in [0.15, 0.2) is 54.7 Å². The van der Waals surface area contributed by atoms with Crippen LogP contribution >= 0.6 is 0 Å². The average Bonchev–Trinajstić information content (AvgIpc) is 3.71. The van der Waals surface area contributed by atoms with Crippen molar-refractivity contribution in [2.75, 3.05) is 39.9 Å². The lowest BCUT2D eigenvalue weighted by molar-refractivity contribution is -0.131. The number of nitrogens with zero attached hydrogens (tertiary/aromatic N) is 5. The summed E-state index contributed by atoms with van der Waals surface area (Å²) in [7, 11) is 1.63. The monoisotopic (exact) mass is 600 g/mol. The highest BCUT2D eigenvalue weighted by Gasteiger charge is 2.41. The van der Waals surface area contributed by atoms with E-state index >= 15 is 0 Å². The van der Waals surface area contributed by atoms with Gasteiger partial charge in [-0.1, -0.05) is 41.6 Å². The van der Waals surface area contributed by atoms with E-state index in [1.807, 2.05) is 29.1 Å². The van der Waals surface area contributed by atoms with Crippen molar-refractivity contribution < 1.29 is 23.8 Å². The Morgan fingerprint density at radius 3 is 2.61 bits per heavy atom. The minimum Gasteiger partial charge on any atom is -0.493 e. The first-order valence-corrected chi connectivity index (χ1v) is 15.7. The summed E-state index contributed by atoms with van der Waals surface area (Å²) in [6.07, 6.45) is 5.80. The van der Waals surface area contributed by atoms with Crippen molar-refractivity contribution in [3.63, 3.8) is 0 Å². The Labute approximate surface area is 257 Å². The first kappa shape index (κ1) is 28.9. The lowest BCUT2D eigenvalue weighted by atomic mass is 9.96. The van der Waals surface area contributed by atoms with Crippen LogP contribution in [-0.2, 0) is 33.7 Å². The summed E-state index contributed by atoms with van der Waals surface area (Å²) in [5, 5.41) is 11.8. The van der Waals surface area contributed by atoms with Gasteiger partial charge >= 0.3 is 0 Å². The van der Waals surface area contributed by atoms with Gasteiger partial charge in [0.1, 0.15) is 17.5 Å². The van der Waals surface area contributed by atoms with Crippen molar-refractivity contribution in [2.24, 2.45) is 0 Å². The Hall–Kier alpha value is -3.80. The summed E-state index contributed by atoms with van der Waals surface area (Å²) in [6.45, 7) is 2.77. The molecule has 2 fully saturated rings. The van der Waals surface area contributed by atoms with Gasteiger partial charge in [0.15, 0.2) is 0 Å². The second kappa shape index (κ2) is 12.7. The zero-order chi connectivity index (χ0) is 30.0. The fourth-order valence-corrected chi connectivity index (χ4v) is 7.28. The highest BCUT2D eigenvalue weighted by atomic mass is 16.5. The number of carbonyl (C=O) groups is 2. The molecule has 2 amide bonds. The summed E-state index contributed by atoms with van der Waals surface area (Å²) < 4.78 is 19.9. The Bertz CT molecular complexity index is 1470. The highest BCUT2D eigenvalue weighted by molar-refractivity contribution is 6.00. The van der Waals surface area contributed by atoms with Crippen molar-refractivity contribution in [1.29, 1.82) is 0 Å². The molecule has 2 saturated heterocycles. The van der Waals surface area contributed by atoms with E-state index in [0.29, 0.717) is 63.2 Å². The number of nitrogens with one attached hydrogen (secondary N) is 1. The fraction of sp³-hybridized carbons (Fsp3) is 0.515. The van der Waals surface area contributed by atoms with Crippen LogP contribution in [0, 0.1) is 0 Å². The second-order valence-corrected chi connectivity index (χ2v) is 12.3. The highest BCUT2D eigenvalue weighted by Crippen LogP contribution is 2.32. The Balaban J connectivity index is 1.15. The Morgan fingerprint density at radius 2 is 1.80 bits per heavy atom. The van der Waals surface area contributed by atoms with Gasteiger partial charge in [0.05, 0.1) is 43.2 Å². The van der Waals surface area contributed by atoms with Crippen molar-refractivity contribution in [1.82, 2.24) is 30.1 Å². The molecule has 232 valence electrons. The van der Waals surface area contributed by atoms with Gasteiger partial charge in [-0.25, -0.2) is 4.68 Å². The van der Waals surface area contributed by atoms with E-state index in [2.05, 4.69) is 44.8 Å². The third-order valence-corrected chi connectivity index (χ3v) is 9.58.